The van der Waals surface area contributed by atoms with Crippen LogP contribution in [0.1, 0.15) is 55.2 Å². The van der Waals surface area contributed by atoms with Crippen LogP contribution in [-0.4, -0.2) is 74.9 Å². The van der Waals surface area contributed by atoms with Crippen LogP contribution in [0.4, 0.5) is 10.5 Å². The highest BCUT2D eigenvalue weighted by atomic mass is 16.6. The first-order chi connectivity index (χ1) is 18.4. The van der Waals surface area contributed by atoms with E-state index in [2.05, 4.69) is 25.9 Å². The Balaban J connectivity index is 1.47. The second-order valence-electron chi connectivity index (χ2n) is 10.6. The van der Waals surface area contributed by atoms with E-state index in [1.165, 1.54) is 17.3 Å². The lowest BCUT2D eigenvalue weighted by atomic mass is 9.94. The first kappa shape index (κ1) is 27.6. The number of H-pyrrole nitrogens is 1. The Hall–Kier alpha value is -4.42. The molecule has 4 rings (SSSR count). The van der Waals surface area contributed by atoms with Crippen molar-refractivity contribution < 1.29 is 28.7 Å². The number of carbonyl (C=O) groups excluding carboxylic acids is 5. The van der Waals surface area contributed by atoms with Gasteiger partial charge in [-0.3, -0.25) is 24.5 Å². The Kier molecular flexibility index (Phi) is 7.88. The highest BCUT2D eigenvalue weighted by molar-refractivity contribution is 6.02. The summed E-state index contributed by atoms with van der Waals surface area (Å²) in [6.07, 6.45) is 3.78. The molecule has 13 nitrogen and oxygen atoms in total. The number of aromatic nitrogens is 2. The van der Waals surface area contributed by atoms with E-state index in [9.17, 15) is 24.0 Å². The average Bonchev–Trinajstić information content (AvgIpc) is 3.54. The second kappa shape index (κ2) is 11.1. The number of imidazole rings is 1. The van der Waals surface area contributed by atoms with Gasteiger partial charge in [-0.1, -0.05) is 6.07 Å². The molecule has 3 atom stereocenters. The van der Waals surface area contributed by atoms with Crippen LogP contribution in [0.25, 0.3) is 0 Å². The van der Waals surface area contributed by atoms with Crippen molar-refractivity contribution in [2.75, 3.05) is 11.9 Å². The lowest BCUT2D eigenvalue weighted by Crippen LogP contribution is -2.58. The van der Waals surface area contributed by atoms with Gasteiger partial charge in [-0.15, -0.1) is 0 Å². The summed E-state index contributed by atoms with van der Waals surface area (Å²) in [4.78, 5) is 71.9. The number of nitrogens with zero attached hydrogens (tertiary/aromatic N) is 2. The maximum absolute atomic E-state index is 13.4. The van der Waals surface area contributed by atoms with Crippen molar-refractivity contribution in [2.45, 2.75) is 70.2 Å². The first-order valence-electron chi connectivity index (χ1n) is 12.7. The fraction of sp³-hybridized carbons (Fsp3) is 0.462. The summed E-state index contributed by atoms with van der Waals surface area (Å²) in [6.45, 7) is 5.58. The Labute approximate surface area is 225 Å². The van der Waals surface area contributed by atoms with Crippen LogP contribution < -0.4 is 21.7 Å². The number of amides is 5. The lowest BCUT2D eigenvalue weighted by molar-refractivity contribution is -0.140. The highest BCUT2D eigenvalue weighted by Gasteiger charge is 2.38. The third kappa shape index (κ3) is 6.72. The quantitative estimate of drug-likeness (QED) is 0.341. The summed E-state index contributed by atoms with van der Waals surface area (Å²) in [7, 11) is 0. The molecule has 208 valence electrons. The zero-order valence-corrected chi connectivity index (χ0v) is 22.1. The van der Waals surface area contributed by atoms with Crippen molar-refractivity contribution in [3.05, 3.63) is 47.5 Å². The Bertz CT molecular complexity index is 1270. The maximum Gasteiger partial charge on any atom is 0.412 e. The number of nitrogens with two attached hydrogens (primary N) is 1. The minimum Gasteiger partial charge on any atom is -0.444 e. The van der Waals surface area contributed by atoms with E-state index in [1.807, 2.05) is 0 Å². The van der Waals surface area contributed by atoms with E-state index in [0.29, 0.717) is 41.9 Å². The molecule has 0 saturated carbocycles. The number of likely N-dealkylation sites (tertiary alicyclic amines) is 1. The van der Waals surface area contributed by atoms with Gasteiger partial charge in [0, 0.05) is 36.8 Å². The molecule has 39 heavy (non-hydrogen) atoms. The summed E-state index contributed by atoms with van der Waals surface area (Å²) in [5.41, 5.74) is 6.66. The summed E-state index contributed by atoms with van der Waals surface area (Å²) in [5.74, 6) is -2.07. The molecule has 0 bridgehead atoms. The molecule has 5 amide bonds. The lowest BCUT2D eigenvalue weighted by Gasteiger charge is -2.30. The number of anilines is 1. The average molecular weight is 540 g/mol. The normalized spacial score (nSPS) is 19.5. The van der Waals surface area contributed by atoms with Gasteiger partial charge in [-0.05, 0) is 51.3 Å². The molecule has 0 aliphatic carbocycles. The van der Waals surface area contributed by atoms with Crippen molar-refractivity contribution >= 4 is 35.4 Å². The number of hydrogen-bond acceptors (Lipinski definition) is 7. The number of nitrogens with one attached hydrogen (secondary N) is 4. The van der Waals surface area contributed by atoms with Crippen molar-refractivity contribution in [2.24, 2.45) is 5.73 Å². The molecular weight excluding hydrogens is 506 g/mol. The van der Waals surface area contributed by atoms with Crippen LogP contribution in [0.15, 0.2) is 30.7 Å². The third-order valence-electron chi connectivity index (χ3n) is 6.49. The van der Waals surface area contributed by atoms with Gasteiger partial charge >= 0.3 is 6.09 Å². The Morgan fingerprint density at radius 1 is 1.26 bits per heavy atom. The van der Waals surface area contributed by atoms with Crippen molar-refractivity contribution in [1.82, 2.24) is 25.5 Å². The molecule has 1 aromatic heterocycles. The highest BCUT2D eigenvalue weighted by Crippen LogP contribution is 2.23. The van der Waals surface area contributed by atoms with E-state index >= 15 is 0 Å². The molecule has 2 aliphatic rings. The van der Waals surface area contributed by atoms with Gasteiger partial charge in [-0.25, -0.2) is 9.78 Å². The van der Waals surface area contributed by atoms with Crippen LogP contribution in [-0.2, 0) is 32.0 Å². The minimum atomic E-state index is -1.01. The zero-order chi connectivity index (χ0) is 28.3. The number of hydrogen-bond donors (Lipinski definition) is 5. The fourth-order valence-corrected chi connectivity index (χ4v) is 4.74. The smallest absolute Gasteiger partial charge is 0.412 e. The minimum absolute atomic E-state index is 0.0903. The van der Waals surface area contributed by atoms with Crippen molar-refractivity contribution in [1.29, 1.82) is 0 Å². The molecule has 13 heteroatoms. The first-order valence-corrected chi connectivity index (χ1v) is 12.7. The fourth-order valence-electron chi connectivity index (χ4n) is 4.74. The van der Waals surface area contributed by atoms with Crippen LogP contribution in [0.3, 0.4) is 0 Å². The second-order valence-corrected chi connectivity index (χ2v) is 10.6. The van der Waals surface area contributed by atoms with Gasteiger partial charge in [0.1, 0.15) is 23.7 Å². The van der Waals surface area contributed by atoms with Crippen LogP contribution in [0.2, 0.25) is 0 Å². The molecule has 1 saturated heterocycles. The Morgan fingerprint density at radius 2 is 2.03 bits per heavy atom. The predicted octanol–water partition coefficient (Wildman–Crippen LogP) is 0.615. The maximum atomic E-state index is 13.4. The van der Waals surface area contributed by atoms with Crippen molar-refractivity contribution in [3.63, 3.8) is 0 Å². The van der Waals surface area contributed by atoms with Crippen LogP contribution in [0, 0.1) is 0 Å². The molecule has 1 fully saturated rings. The third-order valence-corrected chi connectivity index (χ3v) is 6.49. The van der Waals surface area contributed by atoms with Gasteiger partial charge in [0.2, 0.25) is 17.7 Å². The van der Waals surface area contributed by atoms with Crippen LogP contribution >= 0.6 is 0 Å². The Morgan fingerprint density at radius 3 is 2.69 bits per heavy atom. The number of fused-ring (bicyclic) bond motifs is 1. The summed E-state index contributed by atoms with van der Waals surface area (Å²) < 4.78 is 5.24. The molecule has 1 aromatic carbocycles. The van der Waals surface area contributed by atoms with E-state index in [-0.39, 0.29) is 12.8 Å². The molecule has 0 unspecified atom stereocenters. The van der Waals surface area contributed by atoms with E-state index < -0.39 is 53.4 Å². The van der Waals surface area contributed by atoms with Gasteiger partial charge in [0.05, 0.1) is 12.0 Å². The number of aromatic amines is 1. The largest absolute Gasteiger partial charge is 0.444 e. The monoisotopic (exact) mass is 539 g/mol. The van der Waals surface area contributed by atoms with E-state index in [1.54, 1.807) is 39.1 Å². The number of ether oxygens (including phenoxy) is 1. The molecule has 2 aromatic rings. The number of carbonyl (C=O) groups is 5. The summed E-state index contributed by atoms with van der Waals surface area (Å²) in [5, 5.41) is 8.02. The summed E-state index contributed by atoms with van der Waals surface area (Å²) >= 11 is 0. The van der Waals surface area contributed by atoms with Gasteiger partial charge < -0.3 is 31.0 Å². The molecule has 2 aliphatic heterocycles. The molecular formula is C26H33N7O6. The summed E-state index contributed by atoms with van der Waals surface area (Å²) in [6, 6.07) is 2.12. The standard InChI is InChI=1S/C26H33N7O6/c1-26(2,3)39-25(38)30-15-7-6-14-9-18(31-22(35)17(14)10-15)23(36)32-19(11-16-12-28-13-29-16)24(37)33-8-4-5-20(33)21(27)34/h6-7,10,12-13,18-20H,4-5,8-9,11H2,1-3H3,(H2,27,34)(H,28,29)(H,30,38)(H,31,35)(H,32,36)/t18-,19-,20-/m0/s1. The molecule has 6 N–H and O–H groups in total. The van der Waals surface area contributed by atoms with E-state index in [4.69, 9.17) is 10.5 Å². The van der Waals surface area contributed by atoms with Gasteiger partial charge in [-0.2, -0.15) is 0 Å². The number of rotatable bonds is 7. The predicted molar refractivity (Wildman–Crippen MR) is 139 cm³/mol. The van der Waals surface area contributed by atoms with Crippen LogP contribution in [0.5, 0.6) is 0 Å². The zero-order valence-electron chi connectivity index (χ0n) is 22.1. The van der Waals surface area contributed by atoms with Gasteiger partial charge in [0.25, 0.3) is 5.91 Å². The SMILES string of the molecule is CC(C)(C)OC(=O)Nc1ccc2c(c1)C(=O)N[C@H](C(=O)N[C@@H](Cc1c[nH]cn1)C(=O)N1CCC[C@H]1C(N)=O)C2. The van der Waals surface area contributed by atoms with Crippen molar-refractivity contribution in [3.8, 4) is 0 Å². The molecule has 0 radical (unpaired) electrons. The topological polar surface area (TPSA) is 189 Å². The number of primary amides is 1. The number of benzene rings is 1. The van der Waals surface area contributed by atoms with Gasteiger partial charge in [0.15, 0.2) is 0 Å². The molecule has 3 heterocycles. The molecule has 0 spiro atoms. The van der Waals surface area contributed by atoms with E-state index in [0.717, 1.165) is 0 Å².